The standard InChI is InChI=1S/C24H25FN6O3/c1-16(32)27-12-21-15-30(24(33)34-21)19-2-3-23(22(25)10-19)29-9-6-20(14-29)31-13-18(11-28-31)17-4-7-26-8-5-17/h2-5,7-8,10-11,13,20-21H,6,9,12,14-15H2,1H3,(H,27,32)/t20-,21-/m0/s1. The van der Waals surface area contributed by atoms with E-state index < -0.39 is 18.0 Å². The van der Waals surface area contributed by atoms with Crippen LogP contribution in [0.15, 0.2) is 55.1 Å². The molecule has 2 aliphatic rings. The van der Waals surface area contributed by atoms with Gasteiger partial charge in [-0.3, -0.25) is 19.4 Å². The first-order valence-corrected chi connectivity index (χ1v) is 11.2. The van der Waals surface area contributed by atoms with Crippen molar-refractivity contribution in [1.29, 1.82) is 0 Å². The molecule has 2 saturated heterocycles. The quantitative estimate of drug-likeness (QED) is 0.603. The van der Waals surface area contributed by atoms with Crippen LogP contribution in [-0.2, 0) is 9.53 Å². The molecule has 1 aromatic carbocycles. The van der Waals surface area contributed by atoms with Crippen LogP contribution in [0.3, 0.4) is 0 Å². The number of nitrogens with zero attached hydrogens (tertiary/aromatic N) is 5. The fourth-order valence-corrected chi connectivity index (χ4v) is 4.42. The highest BCUT2D eigenvalue weighted by Crippen LogP contribution is 2.32. The number of pyridine rings is 1. The summed E-state index contributed by atoms with van der Waals surface area (Å²) in [7, 11) is 0. The summed E-state index contributed by atoms with van der Waals surface area (Å²) in [5.41, 5.74) is 3.00. The van der Waals surface area contributed by atoms with Gasteiger partial charge in [-0.15, -0.1) is 0 Å². The van der Waals surface area contributed by atoms with Crippen molar-refractivity contribution in [3.8, 4) is 11.1 Å². The number of halogens is 1. The molecule has 1 N–H and O–H groups in total. The second kappa shape index (κ2) is 9.12. The molecule has 0 spiro atoms. The molecule has 2 aromatic heterocycles. The maximum absolute atomic E-state index is 15.1. The number of hydrogen-bond donors (Lipinski definition) is 1. The van der Waals surface area contributed by atoms with E-state index >= 15 is 4.39 Å². The van der Waals surface area contributed by atoms with E-state index in [0.717, 1.165) is 17.5 Å². The second-order valence-electron chi connectivity index (χ2n) is 8.52. The highest BCUT2D eigenvalue weighted by Gasteiger charge is 2.33. The Labute approximate surface area is 196 Å². The van der Waals surface area contributed by atoms with Crippen molar-refractivity contribution >= 4 is 23.4 Å². The number of benzene rings is 1. The van der Waals surface area contributed by atoms with Gasteiger partial charge in [0.1, 0.15) is 11.9 Å². The molecule has 5 rings (SSSR count). The first-order valence-electron chi connectivity index (χ1n) is 11.2. The summed E-state index contributed by atoms with van der Waals surface area (Å²) >= 11 is 0. The van der Waals surface area contributed by atoms with Gasteiger partial charge in [-0.05, 0) is 42.3 Å². The molecule has 176 valence electrons. The summed E-state index contributed by atoms with van der Waals surface area (Å²) in [5, 5.41) is 7.16. The number of hydrogen-bond acceptors (Lipinski definition) is 6. The van der Waals surface area contributed by atoms with Gasteiger partial charge in [0, 0.05) is 44.2 Å². The lowest BCUT2D eigenvalue weighted by Crippen LogP contribution is -2.33. The van der Waals surface area contributed by atoms with E-state index in [2.05, 4.69) is 15.4 Å². The average molecular weight is 465 g/mol. The van der Waals surface area contributed by atoms with Crippen LogP contribution in [0.25, 0.3) is 11.1 Å². The number of carbonyl (C=O) groups excluding carboxylic acids is 2. The van der Waals surface area contributed by atoms with Gasteiger partial charge in [0.15, 0.2) is 0 Å². The van der Waals surface area contributed by atoms with Crippen molar-refractivity contribution in [3.63, 3.8) is 0 Å². The summed E-state index contributed by atoms with van der Waals surface area (Å²) in [6, 6.07) is 8.81. The summed E-state index contributed by atoms with van der Waals surface area (Å²) in [4.78, 5) is 30.8. The van der Waals surface area contributed by atoms with Crippen LogP contribution in [0.5, 0.6) is 0 Å². The lowest BCUT2D eigenvalue weighted by molar-refractivity contribution is -0.119. The minimum atomic E-state index is -0.549. The molecule has 2 amide bonds. The Kier molecular flexibility index (Phi) is 5.87. The Morgan fingerprint density at radius 1 is 1.21 bits per heavy atom. The summed E-state index contributed by atoms with van der Waals surface area (Å²) in [6.45, 7) is 3.22. The van der Waals surface area contributed by atoms with E-state index in [1.165, 1.54) is 17.9 Å². The maximum Gasteiger partial charge on any atom is 0.414 e. The molecule has 0 saturated carbocycles. The van der Waals surface area contributed by atoms with Gasteiger partial charge in [-0.1, -0.05) is 0 Å². The van der Waals surface area contributed by atoms with Crippen molar-refractivity contribution in [3.05, 3.63) is 60.9 Å². The minimum Gasteiger partial charge on any atom is -0.442 e. The third kappa shape index (κ3) is 4.43. The predicted molar refractivity (Wildman–Crippen MR) is 124 cm³/mol. The van der Waals surface area contributed by atoms with Gasteiger partial charge in [-0.25, -0.2) is 9.18 Å². The van der Waals surface area contributed by atoms with E-state index in [4.69, 9.17) is 4.74 Å². The molecule has 4 heterocycles. The highest BCUT2D eigenvalue weighted by atomic mass is 19.1. The lowest BCUT2D eigenvalue weighted by Gasteiger charge is -2.21. The Balaban J connectivity index is 1.25. The van der Waals surface area contributed by atoms with Crippen molar-refractivity contribution < 1.29 is 18.7 Å². The van der Waals surface area contributed by atoms with Crippen LogP contribution in [0.4, 0.5) is 20.6 Å². The Morgan fingerprint density at radius 2 is 2.03 bits per heavy atom. The van der Waals surface area contributed by atoms with Crippen LogP contribution in [0, 0.1) is 5.82 Å². The van der Waals surface area contributed by atoms with Crippen LogP contribution in [-0.4, -0.2) is 59.0 Å². The van der Waals surface area contributed by atoms with Gasteiger partial charge < -0.3 is 15.0 Å². The van der Waals surface area contributed by atoms with Gasteiger partial charge in [-0.2, -0.15) is 5.10 Å². The molecule has 9 nitrogen and oxygen atoms in total. The summed E-state index contributed by atoms with van der Waals surface area (Å²) in [5.74, 6) is -0.591. The van der Waals surface area contributed by atoms with Crippen molar-refractivity contribution in [1.82, 2.24) is 20.1 Å². The molecule has 2 aliphatic heterocycles. The predicted octanol–water partition coefficient (Wildman–Crippen LogP) is 3.00. The average Bonchev–Trinajstić information content (AvgIpc) is 3.58. The third-order valence-electron chi connectivity index (χ3n) is 6.19. The summed E-state index contributed by atoms with van der Waals surface area (Å²) < 4.78 is 22.3. The van der Waals surface area contributed by atoms with E-state index in [1.54, 1.807) is 24.5 Å². The number of carbonyl (C=O) groups is 2. The van der Waals surface area contributed by atoms with Crippen molar-refractivity contribution in [2.75, 3.05) is 36.0 Å². The fourth-order valence-electron chi connectivity index (χ4n) is 4.42. The van der Waals surface area contributed by atoms with E-state index in [9.17, 15) is 9.59 Å². The molecule has 10 heteroatoms. The normalized spacial score (nSPS) is 20.0. The van der Waals surface area contributed by atoms with Gasteiger partial charge >= 0.3 is 6.09 Å². The first kappa shape index (κ1) is 21.9. The molecular weight excluding hydrogens is 439 g/mol. The van der Waals surface area contributed by atoms with E-state index in [0.29, 0.717) is 24.5 Å². The van der Waals surface area contributed by atoms with Crippen LogP contribution < -0.4 is 15.1 Å². The SMILES string of the molecule is CC(=O)NC[C@H]1CN(c2ccc(N3CC[C@H](n4cc(-c5ccncc5)cn4)C3)c(F)c2)C(=O)O1. The molecule has 0 bridgehead atoms. The molecular formula is C24H25FN6O3. The molecule has 34 heavy (non-hydrogen) atoms. The summed E-state index contributed by atoms with van der Waals surface area (Å²) in [6.07, 6.45) is 7.18. The van der Waals surface area contributed by atoms with E-state index in [1.807, 2.05) is 34.1 Å². The maximum atomic E-state index is 15.1. The van der Waals surface area contributed by atoms with Gasteiger partial charge in [0.05, 0.1) is 36.7 Å². The molecule has 2 fully saturated rings. The highest BCUT2D eigenvalue weighted by molar-refractivity contribution is 5.90. The smallest absolute Gasteiger partial charge is 0.414 e. The zero-order valence-electron chi connectivity index (χ0n) is 18.7. The van der Waals surface area contributed by atoms with E-state index in [-0.39, 0.29) is 25.0 Å². The third-order valence-corrected chi connectivity index (χ3v) is 6.19. The molecule has 0 unspecified atom stereocenters. The largest absolute Gasteiger partial charge is 0.442 e. The Bertz CT molecular complexity index is 1200. The first-order chi connectivity index (χ1) is 16.5. The Morgan fingerprint density at radius 3 is 2.79 bits per heavy atom. The van der Waals surface area contributed by atoms with Gasteiger partial charge in [0.25, 0.3) is 0 Å². The zero-order chi connectivity index (χ0) is 23.7. The fraction of sp³-hybridized carbons (Fsp3) is 0.333. The van der Waals surface area contributed by atoms with Crippen LogP contribution >= 0.6 is 0 Å². The van der Waals surface area contributed by atoms with Crippen LogP contribution in [0.2, 0.25) is 0 Å². The minimum absolute atomic E-state index is 0.137. The number of rotatable bonds is 6. The Hall–Kier alpha value is -3.95. The molecule has 2 atom stereocenters. The molecule has 0 aliphatic carbocycles. The number of cyclic esters (lactones) is 1. The second-order valence-corrected chi connectivity index (χ2v) is 8.52. The topological polar surface area (TPSA) is 92.6 Å². The number of aromatic nitrogens is 3. The monoisotopic (exact) mass is 464 g/mol. The number of amides is 2. The molecule has 0 radical (unpaired) electrons. The number of nitrogens with one attached hydrogen (secondary N) is 1. The van der Waals surface area contributed by atoms with Gasteiger partial charge in [0.2, 0.25) is 5.91 Å². The number of ether oxygens (including phenoxy) is 1. The van der Waals surface area contributed by atoms with Crippen molar-refractivity contribution in [2.45, 2.75) is 25.5 Å². The number of anilines is 2. The van der Waals surface area contributed by atoms with Crippen molar-refractivity contribution in [2.24, 2.45) is 0 Å². The molecule has 3 aromatic rings. The zero-order valence-corrected chi connectivity index (χ0v) is 18.7. The van der Waals surface area contributed by atoms with Crippen LogP contribution in [0.1, 0.15) is 19.4 Å². The lowest BCUT2D eigenvalue weighted by atomic mass is 10.1.